The molecule has 0 aromatic heterocycles. The van der Waals surface area contributed by atoms with E-state index < -0.39 is 23.8 Å². The molecule has 114 valence electrons. The SMILES string of the molecule is C[C@@H]1C(O)O[C@H]2OC[C@@]3(C)C[C@@H]4[C@@H](C)CC[C@H]1[C@]24OO3. The standard InChI is InChI=1S/C15H24O5/c1-8-4-5-10-9(2)12(16)18-13-15(10)11(8)6-14(3,7-17-13)19-20-15/h8-13,16H,4-7H2,1-3H3/t8-,9-,10+,11+,12?,13+,14+,15+/m0/s1. The first-order valence-electron chi connectivity index (χ1n) is 7.78. The van der Waals surface area contributed by atoms with Crippen LogP contribution < -0.4 is 0 Å². The summed E-state index contributed by atoms with van der Waals surface area (Å²) in [5.41, 5.74) is -0.951. The number of fused-ring (bicyclic) bond motifs is 2. The minimum atomic E-state index is -0.779. The predicted molar refractivity (Wildman–Crippen MR) is 69.3 cm³/mol. The van der Waals surface area contributed by atoms with E-state index in [1.165, 1.54) is 6.42 Å². The number of ether oxygens (including phenoxy) is 2. The monoisotopic (exact) mass is 284 g/mol. The van der Waals surface area contributed by atoms with Gasteiger partial charge < -0.3 is 14.6 Å². The van der Waals surface area contributed by atoms with Crippen LogP contribution in [0.2, 0.25) is 0 Å². The number of rotatable bonds is 0. The Labute approximate surface area is 119 Å². The van der Waals surface area contributed by atoms with Gasteiger partial charge in [0.05, 0.1) is 6.61 Å². The van der Waals surface area contributed by atoms with Gasteiger partial charge in [-0.15, -0.1) is 0 Å². The second kappa shape index (κ2) is 4.17. The molecule has 2 bridgehead atoms. The Hall–Kier alpha value is -0.200. The van der Waals surface area contributed by atoms with E-state index in [2.05, 4.69) is 6.92 Å². The predicted octanol–water partition coefficient (Wildman–Crippen LogP) is 1.84. The molecule has 5 fully saturated rings. The van der Waals surface area contributed by atoms with Crippen LogP contribution >= 0.6 is 0 Å². The van der Waals surface area contributed by atoms with Crippen molar-refractivity contribution in [2.24, 2.45) is 23.7 Å². The molecule has 8 atom stereocenters. The zero-order chi connectivity index (χ0) is 14.1. The normalized spacial score (nSPS) is 61.8. The quantitative estimate of drug-likeness (QED) is 0.688. The molecule has 1 unspecified atom stereocenters. The van der Waals surface area contributed by atoms with Crippen molar-refractivity contribution < 1.29 is 24.4 Å². The highest BCUT2D eigenvalue weighted by atomic mass is 17.2. The maximum Gasteiger partial charge on any atom is 0.193 e. The van der Waals surface area contributed by atoms with Crippen LogP contribution in [-0.2, 0) is 19.2 Å². The molecule has 5 nitrogen and oxygen atoms in total. The summed E-state index contributed by atoms with van der Waals surface area (Å²) in [6.07, 6.45) is 1.83. The minimum Gasteiger partial charge on any atom is -0.368 e. The molecule has 1 aliphatic carbocycles. The lowest BCUT2D eigenvalue weighted by Crippen LogP contribution is -2.69. The Balaban J connectivity index is 1.82. The highest BCUT2D eigenvalue weighted by Crippen LogP contribution is 2.59. The molecule has 5 rings (SSSR count). The van der Waals surface area contributed by atoms with E-state index >= 15 is 0 Å². The molecule has 1 saturated carbocycles. The van der Waals surface area contributed by atoms with Crippen LogP contribution in [0.25, 0.3) is 0 Å². The summed E-state index contributed by atoms with van der Waals surface area (Å²) in [7, 11) is 0. The zero-order valence-corrected chi connectivity index (χ0v) is 12.4. The Morgan fingerprint density at radius 3 is 2.70 bits per heavy atom. The summed E-state index contributed by atoms with van der Waals surface area (Å²) in [6, 6.07) is 0. The van der Waals surface area contributed by atoms with E-state index in [-0.39, 0.29) is 11.8 Å². The molecule has 5 heteroatoms. The lowest BCUT2D eigenvalue weighted by molar-refractivity contribution is -0.494. The van der Waals surface area contributed by atoms with Gasteiger partial charge in [-0.1, -0.05) is 13.8 Å². The van der Waals surface area contributed by atoms with Gasteiger partial charge in [-0.05, 0) is 32.1 Å². The summed E-state index contributed by atoms with van der Waals surface area (Å²) in [5, 5.41) is 10.2. The van der Waals surface area contributed by atoms with Crippen molar-refractivity contribution in [2.45, 2.75) is 63.8 Å². The van der Waals surface area contributed by atoms with Crippen LogP contribution in [0.1, 0.15) is 40.0 Å². The van der Waals surface area contributed by atoms with Crippen molar-refractivity contribution in [2.75, 3.05) is 6.61 Å². The Morgan fingerprint density at radius 1 is 1.10 bits per heavy atom. The van der Waals surface area contributed by atoms with Crippen molar-refractivity contribution in [3.05, 3.63) is 0 Å². The Bertz CT molecular complexity index is 415. The van der Waals surface area contributed by atoms with E-state index in [0.717, 1.165) is 12.8 Å². The van der Waals surface area contributed by atoms with Crippen LogP contribution in [0.15, 0.2) is 0 Å². The first-order chi connectivity index (χ1) is 9.46. The van der Waals surface area contributed by atoms with Crippen molar-refractivity contribution in [1.82, 2.24) is 0 Å². The van der Waals surface area contributed by atoms with Gasteiger partial charge in [-0.3, -0.25) is 0 Å². The maximum atomic E-state index is 10.2. The molecular formula is C15H24O5. The molecule has 0 amide bonds. The summed E-state index contributed by atoms with van der Waals surface area (Å²) >= 11 is 0. The molecule has 0 aromatic carbocycles. The van der Waals surface area contributed by atoms with Crippen molar-refractivity contribution in [3.63, 3.8) is 0 Å². The molecular weight excluding hydrogens is 260 g/mol. The van der Waals surface area contributed by atoms with Gasteiger partial charge in [0.2, 0.25) is 0 Å². The molecule has 1 spiro atoms. The summed E-state index contributed by atoms with van der Waals surface area (Å²) < 4.78 is 11.7. The number of aliphatic hydroxyl groups excluding tert-OH is 1. The van der Waals surface area contributed by atoms with Gasteiger partial charge in [0.1, 0.15) is 5.60 Å². The van der Waals surface area contributed by atoms with E-state index in [0.29, 0.717) is 18.4 Å². The molecule has 0 radical (unpaired) electrons. The summed E-state index contributed by atoms with van der Waals surface area (Å²) in [6.45, 7) is 6.81. The van der Waals surface area contributed by atoms with Crippen LogP contribution in [-0.4, -0.2) is 35.5 Å². The number of hydrogen-bond acceptors (Lipinski definition) is 5. The topological polar surface area (TPSA) is 57.2 Å². The van der Waals surface area contributed by atoms with Crippen LogP contribution in [0.3, 0.4) is 0 Å². The number of aliphatic hydroxyl groups is 1. The highest BCUT2D eigenvalue weighted by Gasteiger charge is 2.69. The largest absolute Gasteiger partial charge is 0.368 e. The van der Waals surface area contributed by atoms with Crippen molar-refractivity contribution in [1.29, 1.82) is 0 Å². The third-order valence-corrected chi connectivity index (χ3v) is 6.07. The van der Waals surface area contributed by atoms with Crippen molar-refractivity contribution in [3.8, 4) is 0 Å². The smallest absolute Gasteiger partial charge is 0.193 e. The molecule has 4 saturated heterocycles. The molecule has 0 aromatic rings. The molecule has 20 heavy (non-hydrogen) atoms. The molecule has 4 aliphatic heterocycles. The van der Waals surface area contributed by atoms with Gasteiger partial charge in [0.15, 0.2) is 18.2 Å². The lowest BCUT2D eigenvalue weighted by atomic mass is 9.57. The molecule has 4 heterocycles. The zero-order valence-electron chi connectivity index (χ0n) is 12.4. The second-order valence-corrected chi connectivity index (χ2v) is 7.47. The molecule has 1 N–H and O–H groups in total. The Morgan fingerprint density at radius 2 is 1.90 bits per heavy atom. The minimum absolute atomic E-state index is 0.0379. The van der Waals surface area contributed by atoms with E-state index in [4.69, 9.17) is 19.2 Å². The van der Waals surface area contributed by atoms with Gasteiger partial charge in [0, 0.05) is 17.8 Å². The third kappa shape index (κ3) is 1.56. The van der Waals surface area contributed by atoms with Gasteiger partial charge >= 0.3 is 0 Å². The van der Waals surface area contributed by atoms with E-state index in [1.54, 1.807) is 0 Å². The van der Waals surface area contributed by atoms with Gasteiger partial charge in [-0.2, -0.15) is 0 Å². The van der Waals surface area contributed by atoms with Crippen LogP contribution in [0, 0.1) is 23.7 Å². The lowest BCUT2D eigenvalue weighted by Gasteiger charge is -2.59. The third-order valence-electron chi connectivity index (χ3n) is 6.07. The average Bonchev–Trinajstić information content (AvgIpc) is 2.63. The van der Waals surface area contributed by atoms with Gasteiger partial charge in [0.25, 0.3) is 0 Å². The fourth-order valence-corrected chi connectivity index (χ4v) is 4.87. The summed E-state index contributed by atoms with van der Waals surface area (Å²) in [4.78, 5) is 11.7. The van der Waals surface area contributed by atoms with Crippen molar-refractivity contribution >= 4 is 0 Å². The second-order valence-electron chi connectivity index (χ2n) is 7.47. The first kappa shape index (κ1) is 13.5. The Kier molecular flexibility index (Phi) is 2.81. The first-order valence-corrected chi connectivity index (χ1v) is 7.78. The molecule has 5 aliphatic rings. The average molecular weight is 284 g/mol. The van der Waals surface area contributed by atoms with Crippen LogP contribution in [0.4, 0.5) is 0 Å². The fraction of sp³-hybridized carbons (Fsp3) is 1.00. The van der Waals surface area contributed by atoms with Crippen LogP contribution in [0.5, 0.6) is 0 Å². The fourth-order valence-electron chi connectivity index (χ4n) is 4.87. The number of hydrogen-bond donors (Lipinski definition) is 1. The summed E-state index contributed by atoms with van der Waals surface area (Å²) in [5.74, 6) is 1.18. The van der Waals surface area contributed by atoms with E-state index in [9.17, 15) is 5.11 Å². The van der Waals surface area contributed by atoms with Gasteiger partial charge in [-0.25, -0.2) is 9.78 Å². The van der Waals surface area contributed by atoms with E-state index in [1.807, 2.05) is 13.8 Å². The maximum absolute atomic E-state index is 10.2. The highest BCUT2D eigenvalue weighted by molar-refractivity contribution is 5.10.